The van der Waals surface area contributed by atoms with E-state index >= 15 is 0 Å². The van der Waals surface area contributed by atoms with Gasteiger partial charge in [0.05, 0.1) is 10.5 Å². The molecule has 0 spiro atoms. The number of nitrogens with one attached hydrogen (secondary N) is 1. The lowest BCUT2D eigenvalue weighted by Gasteiger charge is -2.14. The highest BCUT2D eigenvalue weighted by Gasteiger charge is 2.19. The Bertz CT molecular complexity index is 741. The van der Waals surface area contributed by atoms with Gasteiger partial charge in [0.15, 0.2) is 0 Å². The summed E-state index contributed by atoms with van der Waals surface area (Å²) in [4.78, 5) is 10.8. The second-order valence-electron chi connectivity index (χ2n) is 4.59. The van der Waals surface area contributed by atoms with Crippen LogP contribution in [0.2, 0.25) is 0 Å². The number of carbonyl (C=O) groups is 1. The van der Waals surface area contributed by atoms with Gasteiger partial charge in [0, 0.05) is 6.04 Å². The second-order valence-corrected chi connectivity index (χ2v) is 6.30. The van der Waals surface area contributed by atoms with Crippen LogP contribution in [0, 0.1) is 0 Å². The lowest BCUT2D eigenvalue weighted by molar-refractivity contribution is 0.0696. The third-order valence-corrected chi connectivity index (χ3v) is 4.56. The fourth-order valence-corrected chi connectivity index (χ4v) is 3.18. The highest BCUT2D eigenvalue weighted by molar-refractivity contribution is 7.89. The Labute approximate surface area is 123 Å². The Morgan fingerprint density at radius 3 is 2.38 bits per heavy atom. The molecule has 2 rings (SSSR count). The van der Waals surface area contributed by atoms with Crippen molar-refractivity contribution in [2.75, 3.05) is 0 Å². The molecule has 110 valence electrons. The lowest BCUT2D eigenvalue weighted by atomic mass is 10.1. The number of rotatable bonds is 5. The number of hydrogen-bond donors (Lipinski definition) is 2. The van der Waals surface area contributed by atoms with Crippen molar-refractivity contribution in [3.05, 3.63) is 65.7 Å². The Morgan fingerprint density at radius 1 is 1.10 bits per heavy atom. The smallest absolute Gasteiger partial charge is 0.335 e. The molecule has 6 heteroatoms. The minimum absolute atomic E-state index is 0.0646. The molecule has 2 aromatic carbocycles. The van der Waals surface area contributed by atoms with Gasteiger partial charge in [-0.2, -0.15) is 0 Å². The van der Waals surface area contributed by atoms with Gasteiger partial charge in [-0.15, -0.1) is 0 Å². The minimum Gasteiger partial charge on any atom is -0.478 e. The summed E-state index contributed by atoms with van der Waals surface area (Å²) in [6, 6.07) is 14.0. The predicted molar refractivity (Wildman–Crippen MR) is 78.6 cm³/mol. The van der Waals surface area contributed by atoms with Gasteiger partial charge < -0.3 is 5.11 Å². The topological polar surface area (TPSA) is 83.5 Å². The molecule has 21 heavy (non-hydrogen) atoms. The largest absolute Gasteiger partial charge is 0.478 e. The molecular formula is C15H15NO4S. The van der Waals surface area contributed by atoms with Crippen LogP contribution < -0.4 is 4.72 Å². The van der Waals surface area contributed by atoms with E-state index in [2.05, 4.69) is 4.72 Å². The first-order valence-corrected chi connectivity index (χ1v) is 7.79. The number of carboxylic acids is 1. The van der Waals surface area contributed by atoms with Gasteiger partial charge in [0.1, 0.15) is 0 Å². The third-order valence-electron chi connectivity index (χ3n) is 3.02. The Balaban J connectivity index is 2.26. The zero-order valence-corrected chi connectivity index (χ0v) is 12.2. The van der Waals surface area contributed by atoms with Gasteiger partial charge in [-0.05, 0) is 30.7 Å². The summed E-state index contributed by atoms with van der Waals surface area (Å²) in [5.74, 6) is -1.16. The molecule has 0 unspecified atom stereocenters. The summed E-state index contributed by atoms with van der Waals surface area (Å²) < 4.78 is 27.1. The van der Waals surface area contributed by atoms with Crippen molar-refractivity contribution >= 4 is 16.0 Å². The van der Waals surface area contributed by atoms with Gasteiger partial charge in [0.25, 0.3) is 0 Å². The van der Waals surface area contributed by atoms with Crippen LogP contribution in [0.25, 0.3) is 0 Å². The molecule has 0 amide bonds. The van der Waals surface area contributed by atoms with E-state index in [4.69, 9.17) is 5.11 Å². The Morgan fingerprint density at radius 2 is 1.76 bits per heavy atom. The summed E-state index contributed by atoms with van der Waals surface area (Å²) in [6.07, 6.45) is 0. The summed E-state index contributed by atoms with van der Waals surface area (Å²) in [7, 11) is -3.78. The molecule has 0 aliphatic rings. The van der Waals surface area contributed by atoms with E-state index in [0.717, 1.165) is 11.6 Å². The molecule has 0 saturated heterocycles. The molecule has 0 heterocycles. The molecule has 0 saturated carbocycles. The molecule has 2 aromatic rings. The van der Waals surface area contributed by atoms with Crippen LogP contribution >= 0.6 is 0 Å². The molecular weight excluding hydrogens is 290 g/mol. The maximum Gasteiger partial charge on any atom is 0.335 e. The normalized spacial score (nSPS) is 12.8. The van der Waals surface area contributed by atoms with Crippen LogP contribution in [0.5, 0.6) is 0 Å². The van der Waals surface area contributed by atoms with Crippen LogP contribution in [0.3, 0.4) is 0 Å². The van der Waals surface area contributed by atoms with Gasteiger partial charge in [-0.3, -0.25) is 0 Å². The standard InChI is InChI=1S/C15H15NO4S/c1-11(12-6-3-2-4-7-12)16-21(19,20)14-9-5-8-13(10-14)15(17)18/h2-11,16H,1H3,(H,17,18)/t11-/m1/s1. The molecule has 0 aromatic heterocycles. The van der Waals surface area contributed by atoms with Gasteiger partial charge in [-0.1, -0.05) is 36.4 Å². The van der Waals surface area contributed by atoms with Crippen molar-refractivity contribution < 1.29 is 18.3 Å². The highest BCUT2D eigenvalue weighted by Crippen LogP contribution is 2.17. The van der Waals surface area contributed by atoms with E-state index in [0.29, 0.717) is 0 Å². The first kappa shape index (κ1) is 15.2. The SMILES string of the molecule is C[C@@H](NS(=O)(=O)c1cccc(C(=O)O)c1)c1ccccc1. The highest BCUT2D eigenvalue weighted by atomic mass is 32.2. The van der Waals surface area contributed by atoms with E-state index in [9.17, 15) is 13.2 Å². The number of aromatic carboxylic acids is 1. The van der Waals surface area contributed by atoms with Crippen LogP contribution in [0.4, 0.5) is 0 Å². The van der Waals surface area contributed by atoms with Crippen molar-refractivity contribution in [2.45, 2.75) is 17.9 Å². The van der Waals surface area contributed by atoms with Crippen molar-refractivity contribution in [3.8, 4) is 0 Å². The minimum atomic E-state index is -3.78. The number of carboxylic acid groups (broad SMARTS) is 1. The number of sulfonamides is 1. The maximum atomic E-state index is 12.3. The first-order chi connectivity index (χ1) is 9.90. The maximum absolute atomic E-state index is 12.3. The molecule has 2 N–H and O–H groups in total. The zero-order chi connectivity index (χ0) is 15.5. The number of benzene rings is 2. The molecule has 0 aliphatic heterocycles. The van der Waals surface area contributed by atoms with E-state index < -0.39 is 22.0 Å². The van der Waals surface area contributed by atoms with Crippen molar-refractivity contribution in [1.29, 1.82) is 0 Å². The summed E-state index contributed by atoms with van der Waals surface area (Å²) in [5, 5.41) is 8.92. The van der Waals surface area contributed by atoms with Gasteiger partial charge >= 0.3 is 5.97 Å². The first-order valence-electron chi connectivity index (χ1n) is 6.31. The van der Waals surface area contributed by atoms with Crippen LogP contribution in [0.15, 0.2) is 59.5 Å². The monoisotopic (exact) mass is 305 g/mol. The van der Waals surface area contributed by atoms with Crippen molar-refractivity contribution in [3.63, 3.8) is 0 Å². The van der Waals surface area contributed by atoms with Crippen LogP contribution in [0.1, 0.15) is 28.9 Å². The average molecular weight is 305 g/mol. The average Bonchev–Trinajstić information content (AvgIpc) is 2.48. The fourth-order valence-electron chi connectivity index (χ4n) is 1.91. The quantitative estimate of drug-likeness (QED) is 0.888. The molecule has 1 atom stereocenters. The predicted octanol–water partition coefficient (Wildman–Crippen LogP) is 2.42. The third kappa shape index (κ3) is 3.68. The molecule has 0 aliphatic carbocycles. The molecule has 0 fully saturated rings. The van der Waals surface area contributed by atoms with E-state index in [1.54, 1.807) is 6.92 Å². The van der Waals surface area contributed by atoms with Crippen molar-refractivity contribution in [2.24, 2.45) is 0 Å². The van der Waals surface area contributed by atoms with Crippen molar-refractivity contribution in [1.82, 2.24) is 4.72 Å². The summed E-state index contributed by atoms with van der Waals surface area (Å²) in [5.41, 5.74) is 0.765. The lowest BCUT2D eigenvalue weighted by Crippen LogP contribution is -2.27. The Hall–Kier alpha value is -2.18. The van der Waals surface area contributed by atoms with E-state index in [1.807, 2.05) is 30.3 Å². The zero-order valence-electron chi connectivity index (χ0n) is 11.4. The van der Waals surface area contributed by atoms with Crippen LogP contribution in [-0.2, 0) is 10.0 Å². The second kappa shape index (κ2) is 6.07. The molecule has 0 bridgehead atoms. The van der Waals surface area contributed by atoms with E-state index in [-0.39, 0.29) is 10.5 Å². The summed E-state index contributed by atoms with van der Waals surface area (Å²) in [6.45, 7) is 1.73. The van der Waals surface area contributed by atoms with Crippen LogP contribution in [-0.4, -0.2) is 19.5 Å². The van der Waals surface area contributed by atoms with Gasteiger partial charge in [0.2, 0.25) is 10.0 Å². The molecule has 0 radical (unpaired) electrons. The molecule has 5 nitrogen and oxygen atoms in total. The fraction of sp³-hybridized carbons (Fsp3) is 0.133. The summed E-state index contributed by atoms with van der Waals surface area (Å²) >= 11 is 0. The van der Waals surface area contributed by atoms with E-state index in [1.165, 1.54) is 18.2 Å². The number of hydrogen-bond acceptors (Lipinski definition) is 3. The Kier molecular flexibility index (Phi) is 4.40. The van der Waals surface area contributed by atoms with Gasteiger partial charge in [-0.25, -0.2) is 17.9 Å².